The second-order valence-electron chi connectivity index (χ2n) is 7.66. The second kappa shape index (κ2) is 9.50. The maximum atomic E-state index is 6.63. The lowest BCUT2D eigenvalue weighted by Gasteiger charge is -2.39. The average Bonchev–Trinajstić information content (AvgIpc) is 3.47. The molecule has 0 radical (unpaired) electrons. The average molecular weight is 470 g/mol. The molecule has 1 atom stereocenters. The van der Waals surface area contributed by atoms with Gasteiger partial charge in [0, 0.05) is 38.3 Å². The van der Waals surface area contributed by atoms with E-state index >= 15 is 0 Å². The standard InChI is InChI=1S/C22H24ClN7OS/c1-31-15-14-30-21(25-26-27-30)20(16-6-2-3-7-17(16)23)28-10-12-29(13-11-28)22-24-18-8-4-5-9-19(18)32-22/h2-9,20H,10-15H2,1H3. The molecule has 0 aliphatic carbocycles. The topological polar surface area (TPSA) is 72.2 Å². The summed E-state index contributed by atoms with van der Waals surface area (Å²) < 4.78 is 8.28. The summed E-state index contributed by atoms with van der Waals surface area (Å²) in [7, 11) is 1.68. The fourth-order valence-corrected chi connectivity index (χ4v) is 5.36. The number of halogens is 1. The molecule has 1 aliphatic heterocycles. The first-order valence-electron chi connectivity index (χ1n) is 10.6. The molecule has 4 aromatic rings. The van der Waals surface area contributed by atoms with Gasteiger partial charge in [-0.25, -0.2) is 9.67 Å². The van der Waals surface area contributed by atoms with Crippen LogP contribution in [0.4, 0.5) is 5.13 Å². The largest absolute Gasteiger partial charge is 0.383 e. The lowest BCUT2D eigenvalue weighted by Crippen LogP contribution is -2.48. The number of ether oxygens (including phenoxy) is 1. The van der Waals surface area contributed by atoms with Crippen molar-refractivity contribution in [2.75, 3.05) is 44.8 Å². The van der Waals surface area contributed by atoms with Gasteiger partial charge in [0.05, 0.1) is 29.4 Å². The van der Waals surface area contributed by atoms with Gasteiger partial charge in [0.25, 0.3) is 0 Å². The van der Waals surface area contributed by atoms with E-state index in [0.29, 0.717) is 18.2 Å². The van der Waals surface area contributed by atoms with Gasteiger partial charge in [-0.3, -0.25) is 4.90 Å². The van der Waals surface area contributed by atoms with E-state index in [1.165, 1.54) is 4.70 Å². The van der Waals surface area contributed by atoms with Gasteiger partial charge < -0.3 is 9.64 Å². The molecule has 5 rings (SSSR count). The van der Waals surface area contributed by atoms with Crippen molar-refractivity contribution in [1.29, 1.82) is 0 Å². The van der Waals surface area contributed by atoms with Gasteiger partial charge in [-0.2, -0.15) is 0 Å². The Morgan fingerprint density at radius 2 is 1.84 bits per heavy atom. The van der Waals surface area contributed by atoms with Gasteiger partial charge in [-0.1, -0.05) is 53.3 Å². The molecule has 2 aromatic heterocycles. The van der Waals surface area contributed by atoms with Gasteiger partial charge in [0.2, 0.25) is 0 Å². The predicted octanol–water partition coefficient (Wildman–Crippen LogP) is 3.49. The second-order valence-corrected chi connectivity index (χ2v) is 9.08. The summed E-state index contributed by atoms with van der Waals surface area (Å²) in [6.45, 7) is 4.58. The quantitative estimate of drug-likeness (QED) is 0.410. The van der Waals surface area contributed by atoms with Crippen molar-refractivity contribution < 1.29 is 4.74 Å². The zero-order valence-corrected chi connectivity index (χ0v) is 19.3. The number of hydrogen-bond acceptors (Lipinski definition) is 8. The van der Waals surface area contributed by atoms with E-state index in [4.69, 9.17) is 21.3 Å². The van der Waals surface area contributed by atoms with E-state index in [1.54, 1.807) is 18.4 Å². The van der Waals surface area contributed by atoms with E-state index in [-0.39, 0.29) is 6.04 Å². The number of rotatable bonds is 7. The van der Waals surface area contributed by atoms with Crippen molar-refractivity contribution >= 4 is 38.3 Å². The highest BCUT2D eigenvalue weighted by Gasteiger charge is 2.32. The van der Waals surface area contributed by atoms with E-state index in [2.05, 4.69) is 49.6 Å². The van der Waals surface area contributed by atoms with Gasteiger partial charge >= 0.3 is 0 Å². The van der Waals surface area contributed by atoms with Crippen molar-refractivity contribution in [2.45, 2.75) is 12.6 Å². The highest BCUT2D eigenvalue weighted by atomic mass is 35.5. The highest BCUT2D eigenvalue weighted by molar-refractivity contribution is 7.22. The first-order chi connectivity index (χ1) is 15.7. The molecular weight excluding hydrogens is 446 g/mol. The number of aromatic nitrogens is 5. The molecule has 0 amide bonds. The zero-order valence-electron chi connectivity index (χ0n) is 17.8. The van der Waals surface area contributed by atoms with Crippen LogP contribution in [-0.4, -0.2) is 70.0 Å². The van der Waals surface area contributed by atoms with Crippen LogP contribution >= 0.6 is 22.9 Å². The first kappa shape index (κ1) is 21.3. The monoisotopic (exact) mass is 469 g/mol. The number of tetrazole rings is 1. The van der Waals surface area contributed by atoms with Gasteiger partial charge in [0.1, 0.15) is 0 Å². The third kappa shape index (κ3) is 4.21. The van der Waals surface area contributed by atoms with Gasteiger partial charge in [-0.15, -0.1) is 5.10 Å². The summed E-state index contributed by atoms with van der Waals surface area (Å²) in [6, 6.07) is 16.1. The Morgan fingerprint density at radius 1 is 1.06 bits per heavy atom. The van der Waals surface area contributed by atoms with Crippen LogP contribution < -0.4 is 4.90 Å². The Labute approximate surface area is 195 Å². The molecule has 0 saturated carbocycles. The zero-order chi connectivity index (χ0) is 21.9. The lowest BCUT2D eigenvalue weighted by molar-refractivity contribution is 0.172. The lowest BCUT2D eigenvalue weighted by atomic mass is 10.0. The minimum absolute atomic E-state index is 0.131. The van der Waals surface area contributed by atoms with Crippen molar-refractivity contribution in [3.05, 3.63) is 64.9 Å². The normalized spacial score (nSPS) is 16.0. The minimum Gasteiger partial charge on any atom is -0.383 e. The molecule has 0 spiro atoms. The van der Waals surface area contributed by atoms with Crippen LogP contribution in [-0.2, 0) is 11.3 Å². The Morgan fingerprint density at radius 3 is 2.62 bits per heavy atom. The maximum Gasteiger partial charge on any atom is 0.186 e. The van der Waals surface area contributed by atoms with Gasteiger partial charge in [-0.05, 0) is 34.2 Å². The third-order valence-electron chi connectivity index (χ3n) is 5.74. The van der Waals surface area contributed by atoms with Crippen LogP contribution in [0.3, 0.4) is 0 Å². The summed E-state index contributed by atoms with van der Waals surface area (Å²) in [5, 5.41) is 14.3. The maximum absolute atomic E-state index is 6.63. The van der Waals surface area contributed by atoms with Crippen LogP contribution in [0, 0.1) is 0 Å². The molecule has 2 aromatic carbocycles. The molecule has 10 heteroatoms. The predicted molar refractivity (Wildman–Crippen MR) is 126 cm³/mol. The molecule has 0 N–H and O–H groups in total. The number of thiazole rings is 1. The molecule has 1 aliphatic rings. The Bertz CT molecular complexity index is 1150. The van der Waals surface area contributed by atoms with Crippen LogP contribution in [0.2, 0.25) is 5.02 Å². The Kier molecular flexibility index (Phi) is 6.31. The number of benzene rings is 2. The summed E-state index contributed by atoms with van der Waals surface area (Å²) in [5.74, 6) is 0.781. The highest BCUT2D eigenvalue weighted by Crippen LogP contribution is 2.34. The molecule has 32 heavy (non-hydrogen) atoms. The van der Waals surface area contributed by atoms with Crippen LogP contribution in [0.25, 0.3) is 10.2 Å². The van der Waals surface area contributed by atoms with Crippen molar-refractivity contribution in [3.8, 4) is 0 Å². The summed E-state index contributed by atoms with van der Waals surface area (Å²) in [6.07, 6.45) is 0. The van der Waals surface area contributed by atoms with Gasteiger partial charge in [0.15, 0.2) is 11.0 Å². The Hall–Kier alpha value is -2.59. The van der Waals surface area contributed by atoms with Crippen molar-refractivity contribution in [3.63, 3.8) is 0 Å². The molecule has 8 nitrogen and oxygen atoms in total. The van der Waals surface area contributed by atoms with Crippen LogP contribution in [0.1, 0.15) is 17.4 Å². The molecular formula is C22H24ClN7OS. The molecule has 3 heterocycles. The first-order valence-corrected chi connectivity index (χ1v) is 11.8. The minimum atomic E-state index is -0.131. The van der Waals surface area contributed by atoms with E-state index in [0.717, 1.165) is 48.2 Å². The van der Waals surface area contributed by atoms with Crippen LogP contribution in [0.5, 0.6) is 0 Å². The van der Waals surface area contributed by atoms with E-state index in [9.17, 15) is 0 Å². The molecule has 166 valence electrons. The molecule has 1 saturated heterocycles. The number of para-hydroxylation sites is 1. The van der Waals surface area contributed by atoms with Crippen molar-refractivity contribution in [1.82, 2.24) is 30.1 Å². The summed E-state index contributed by atoms with van der Waals surface area (Å²) in [4.78, 5) is 9.59. The summed E-state index contributed by atoms with van der Waals surface area (Å²) in [5.41, 5.74) is 2.07. The number of anilines is 1. The number of hydrogen-bond donors (Lipinski definition) is 0. The fourth-order valence-electron chi connectivity index (χ4n) is 4.11. The summed E-state index contributed by atoms with van der Waals surface area (Å²) >= 11 is 8.38. The molecule has 1 unspecified atom stereocenters. The molecule has 0 bridgehead atoms. The number of fused-ring (bicyclic) bond motifs is 1. The number of nitrogens with zero attached hydrogens (tertiary/aromatic N) is 7. The van der Waals surface area contributed by atoms with E-state index < -0.39 is 0 Å². The molecule has 1 fully saturated rings. The smallest absolute Gasteiger partial charge is 0.186 e. The fraction of sp³-hybridized carbons (Fsp3) is 0.364. The SMILES string of the molecule is COCCn1nnnc1C(c1ccccc1Cl)N1CCN(c2nc3ccccc3s2)CC1. The third-order valence-corrected chi connectivity index (χ3v) is 7.19. The van der Waals surface area contributed by atoms with Crippen LogP contribution in [0.15, 0.2) is 48.5 Å². The number of methoxy groups -OCH3 is 1. The Balaban J connectivity index is 1.40. The number of piperazine rings is 1. The van der Waals surface area contributed by atoms with Crippen molar-refractivity contribution in [2.24, 2.45) is 0 Å². The van der Waals surface area contributed by atoms with E-state index in [1.807, 2.05) is 28.9 Å².